The fourth-order valence-corrected chi connectivity index (χ4v) is 4.08. The number of sulfonamides is 1. The lowest BCUT2D eigenvalue weighted by Gasteiger charge is -2.27. The lowest BCUT2D eigenvalue weighted by molar-refractivity contribution is -0.146. The number of nitrogens with one attached hydrogen (secondary N) is 1. The molecule has 2 rings (SSSR count). The highest BCUT2D eigenvalue weighted by atomic mass is 79.9. The number of methoxy groups -OCH3 is 1. The topological polar surface area (TPSA) is 72.5 Å². The summed E-state index contributed by atoms with van der Waals surface area (Å²) < 4.78 is 32.8. The molecule has 0 spiro atoms. The molecule has 0 aliphatic heterocycles. The Morgan fingerprint density at radius 3 is 2.29 bits per heavy atom. The number of ether oxygens (including phenoxy) is 1. The summed E-state index contributed by atoms with van der Waals surface area (Å²) in [5, 5.41) is 0. The molecule has 7 heteroatoms. The Bertz CT molecular complexity index is 592. The average molecular weight is 376 g/mol. The zero-order chi connectivity index (χ0) is 15.5. The molecule has 1 aliphatic rings. The number of hydrogen-bond donors (Lipinski definition) is 1. The van der Waals surface area contributed by atoms with E-state index in [0.29, 0.717) is 25.7 Å². The van der Waals surface area contributed by atoms with Gasteiger partial charge in [0.15, 0.2) is 0 Å². The Morgan fingerprint density at radius 1 is 1.19 bits per heavy atom. The van der Waals surface area contributed by atoms with Gasteiger partial charge in [0.25, 0.3) is 0 Å². The van der Waals surface area contributed by atoms with Crippen LogP contribution in [0.5, 0.6) is 0 Å². The number of carbonyl (C=O) groups is 1. The van der Waals surface area contributed by atoms with Gasteiger partial charge in [-0.15, -0.1) is 0 Å². The maximum absolute atomic E-state index is 12.3. The van der Waals surface area contributed by atoms with Crippen molar-refractivity contribution in [1.29, 1.82) is 0 Å². The minimum absolute atomic E-state index is 0.108. The van der Waals surface area contributed by atoms with E-state index in [1.807, 2.05) is 0 Å². The van der Waals surface area contributed by atoms with Gasteiger partial charge in [-0.3, -0.25) is 4.79 Å². The van der Waals surface area contributed by atoms with Crippen molar-refractivity contribution in [2.24, 2.45) is 5.92 Å². The number of rotatable bonds is 4. The summed E-state index contributed by atoms with van der Waals surface area (Å²) in [6.07, 6.45) is 2.60. The highest BCUT2D eigenvalue weighted by Gasteiger charge is 2.29. The van der Waals surface area contributed by atoms with Crippen LogP contribution >= 0.6 is 15.9 Å². The van der Waals surface area contributed by atoms with E-state index in [1.54, 1.807) is 24.3 Å². The summed E-state index contributed by atoms with van der Waals surface area (Å²) >= 11 is 3.28. The van der Waals surface area contributed by atoms with Gasteiger partial charge in [-0.05, 0) is 49.9 Å². The van der Waals surface area contributed by atoms with E-state index in [9.17, 15) is 13.2 Å². The first-order valence-corrected chi connectivity index (χ1v) is 9.05. The Hall–Kier alpha value is -0.920. The van der Waals surface area contributed by atoms with E-state index in [-0.39, 0.29) is 22.8 Å². The first-order chi connectivity index (χ1) is 9.92. The quantitative estimate of drug-likeness (QED) is 0.820. The van der Waals surface area contributed by atoms with Crippen LogP contribution in [0.4, 0.5) is 0 Å². The van der Waals surface area contributed by atoms with Crippen molar-refractivity contribution in [3.05, 3.63) is 28.7 Å². The third-order valence-corrected chi connectivity index (χ3v) is 5.77. The first-order valence-electron chi connectivity index (χ1n) is 6.78. The van der Waals surface area contributed by atoms with Crippen LogP contribution in [-0.4, -0.2) is 27.5 Å². The second kappa shape index (κ2) is 6.89. The molecule has 0 bridgehead atoms. The molecule has 1 saturated carbocycles. The second-order valence-corrected chi connectivity index (χ2v) is 7.78. The van der Waals surface area contributed by atoms with Gasteiger partial charge in [-0.25, -0.2) is 13.1 Å². The highest BCUT2D eigenvalue weighted by molar-refractivity contribution is 9.10. The molecule has 1 aromatic carbocycles. The summed E-state index contributed by atoms with van der Waals surface area (Å²) in [4.78, 5) is 11.7. The number of carbonyl (C=O) groups excluding carboxylic acids is 1. The Morgan fingerprint density at radius 2 is 1.76 bits per heavy atom. The molecule has 0 aromatic heterocycles. The zero-order valence-corrected chi connectivity index (χ0v) is 14.1. The number of esters is 1. The largest absolute Gasteiger partial charge is 0.469 e. The predicted molar refractivity (Wildman–Crippen MR) is 82.2 cm³/mol. The van der Waals surface area contributed by atoms with E-state index < -0.39 is 10.0 Å². The van der Waals surface area contributed by atoms with Gasteiger partial charge >= 0.3 is 5.97 Å². The molecule has 0 atom stereocenters. The fourth-order valence-electron chi connectivity index (χ4n) is 2.51. The van der Waals surface area contributed by atoms with Crippen molar-refractivity contribution in [1.82, 2.24) is 4.72 Å². The van der Waals surface area contributed by atoms with Gasteiger partial charge in [0.2, 0.25) is 10.0 Å². The van der Waals surface area contributed by atoms with E-state index in [2.05, 4.69) is 20.7 Å². The molecule has 0 amide bonds. The van der Waals surface area contributed by atoms with Crippen LogP contribution in [0.15, 0.2) is 33.6 Å². The third-order valence-electron chi connectivity index (χ3n) is 3.71. The number of halogens is 1. The Labute approximate surface area is 133 Å². The van der Waals surface area contributed by atoms with Crippen LogP contribution < -0.4 is 4.72 Å². The van der Waals surface area contributed by atoms with Crippen molar-refractivity contribution >= 4 is 31.9 Å². The van der Waals surface area contributed by atoms with Crippen molar-refractivity contribution in [2.45, 2.75) is 36.6 Å². The van der Waals surface area contributed by atoms with Crippen LogP contribution in [0.3, 0.4) is 0 Å². The van der Waals surface area contributed by atoms with Crippen LogP contribution in [0, 0.1) is 5.92 Å². The summed E-state index contributed by atoms with van der Waals surface area (Å²) in [7, 11) is -2.13. The molecule has 1 fully saturated rings. The van der Waals surface area contributed by atoms with Crippen molar-refractivity contribution in [2.75, 3.05) is 7.11 Å². The smallest absolute Gasteiger partial charge is 0.308 e. The summed E-state index contributed by atoms with van der Waals surface area (Å²) in [6, 6.07) is 6.39. The third kappa shape index (κ3) is 4.28. The molecule has 1 N–H and O–H groups in total. The van der Waals surface area contributed by atoms with Crippen LogP contribution in [0.2, 0.25) is 0 Å². The lowest BCUT2D eigenvalue weighted by atomic mass is 9.86. The zero-order valence-electron chi connectivity index (χ0n) is 11.7. The SMILES string of the molecule is COC(=O)C1CCC(NS(=O)(=O)c2ccc(Br)cc2)CC1. The van der Waals surface area contributed by atoms with Gasteiger partial charge in [0, 0.05) is 10.5 Å². The van der Waals surface area contributed by atoms with Crippen molar-refractivity contribution in [3.63, 3.8) is 0 Å². The van der Waals surface area contributed by atoms with E-state index in [1.165, 1.54) is 7.11 Å². The Kier molecular flexibility index (Phi) is 5.40. The average Bonchev–Trinajstić information content (AvgIpc) is 2.47. The van der Waals surface area contributed by atoms with Crippen molar-refractivity contribution < 1.29 is 17.9 Å². The molecule has 116 valence electrons. The predicted octanol–water partition coefficient (Wildman–Crippen LogP) is 2.46. The molecule has 1 aromatic rings. The maximum atomic E-state index is 12.3. The van der Waals surface area contributed by atoms with Gasteiger partial charge in [0.05, 0.1) is 17.9 Å². The van der Waals surface area contributed by atoms with Crippen LogP contribution in [-0.2, 0) is 19.6 Å². The monoisotopic (exact) mass is 375 g/mol. The van der Waals surface area contributed by atoms with E-state index in [4.69, 9.17) is 4.74 Å². The Balaban J connectivity index is 1.96. The molecule has 21 heavy (non-hydrogen) atoms. The molecule has 1 aliphatic carbocycles. The van der Waals surface area contributed by atoms with E-state index >= 15 is 0 Å². The maximum Gasteiger partial charge on any atom is 0.308 e. The second-order valence-electron chi connectivity index (χ2n) is 5.15. The summed E-state index contributed by atoms with van der Waals surface area (Å²) in [5.41, 5.74) is 0. The normalized spacial score (nSPS) is 22.8. The van der Waals surface area contributed by atoms with Crippen LogP contribution in [0.25, 0.3) is 0 Å². The summed E-state index contributed by atoms with van der Waals surface area (Å²) in [6.45, 7) is 0. The van der Waals surface area contributed by atoms with Crippen molar-refractivity contribution in [3.8, 4) is 0 Å². The minimum atomic E-state index is -3.51. The molecular formula is C14H18BrNO4S. The standard InChI is InChI=1S/C14H18BrNO4S/c1-20-14(17)10-2-6-12(7-3-10)16-21(18,19)13-8-4-11(15)5-9-13/h4-5,8-10,12,16H,2-3,6-7H2,1H3. The van der Waals surface area contributed by atoms with Gasteiger partial charge in [0.1, 0.15) is 0 Å². The highest BCUT2D eigenvalue weighted by Crippen LogP contribution is 2.26. The number of benzene rings is 1. The first kappa shape index (κ1) is 16.5. The molecule has 5 nitrogen and oxygen atoms in total. The summed E-state index contributed by atoms with van der Waals surface area (Å²) in [5.74, 6) is -0.312. The number of hydrogen-bond acceptors (Lipinski definition) is 4. The molecule has 0 radical (unpaired) electrons. The fraction of sp³-hybridized carbons (Fsp3) is 0.500. The molecule has 0 saturated heterocycles. The molecule has 0 unspecified atom stereocenters. The van der Waals surface area contributed by atoms with Gasteiger partial charge < -0.3 is 4.74 Å². The van der Waals surface area contributed by atoms with Gasteiger partial charge in [-0.2, -0.15) is 0 Å². The van der Waals surface area contributed by atoms with Crippen LogP contribution in [0.1, 0.15) is 25.7 Å². The minimum Gasteiger partial charge on any atom is -0.469 e. The van der Waals surface area contributed by atoms with Gasteiger partial charge in [-0.1, -0.05) is 15.9 Å². The lowest BCUT2D eigenvalue weighted by Crippen LogP contribution is -2.38. The van der Waals surface area contributed by atoms with E-state index in [0.717, 1.165) is 4.47 Å². The molecule has 0 heterocycles. The molecular weight excluding hydrogens is 358 g/mol.